The predicted octanol–water partition coefficient (Wildman–Crippen LogP) is 6.68. The number of hydrogen-bond acceptors (Lipinski definition) is 7. The molecule has 7 heteroatoms. The summed E-state index contributed by atoms with van der Waals surface area (Å²) in [6, 6.07) is 40.1. The molecule has 0 bridgehead atoms. The molecule has 7 nitrogen and oxygen atoms in total. The fourth-order valence-electron chi connectivity index (χ4n) is 5.25. The number of rotatable bonds is 18. The number of unbranched alkanes of at least 4 members (excludes halogenated alkanes) is 1. The van der Waals surface area contributed by atoms with E-state index in [1.807, 2.05) is 121 Å². The Hall–Kier alpha value is -3.69. The lowest BCUT2D eigenvalue weighted by Crippen LogP contribution is -2.61. The molecule has 0 aliphatic carbocycles. The van der Waals surface area contributed by atoms with Gasteiger partial charge < -0.3 is 33.2 Å². The first kappa shape index (κ1) is 32.7. The van der Waals surface area contributed by atoms with E-state index in [1.54, 1.807) is 0 Å². The summed E-state index contributed by atoms with van der Waals surface area (Å²) in [7, 11) is 0. The molecule has 1 aliphatic rings. The highest BCUT2D eigenvalue weighted by Crippen LogP contribution is 2.31. The van der Waals surface area contributed by atoms with Crippen LogP contribution in [0.1, 0.15) is 35.1 Å². The van der Waals surface area contributed by atoms with Gasteiger partial charge in [0.2, 0.25) is 0 Å². The van der Waals surface area contributed by atoms with Crippen molar-refractivity contribution in [3.63, 3.8) is 0 Å². The van der Waals surface area contributed by atoms with Gasteiger partial charge in [0, 0.05) is 6.42 Å². The van der Waals surface area contributed by atoms with Crippen LogP contribution in [0, 0.1) is 0 Å². The van der Waals surface area contributed by atoms with E-state index in [-0.39, 0.29) is 6.61 Å². The van der Waals surface area contributed by atoms with E-state index < -0.39 is 30.7 Å². The molecule has 0 radical (unpaired) electrons. The summed E-state index contributed by atoms with van der Waals surface area (Å²) < 4.78 is 39.0. The van der Waals surface area contributed by atoms with Gasteiger partial charge in [-0.15, -0.1) is 0 Å². The van der Waals surface area contributed by atoms with Gasteiger partial charge in [-0.3, -0.25) is 0 Å². The first-order chi connectivity index (χ1) is 22.3. The summed E-state index contributed by atoms with van der Waals surface area (Å²) in [4.78, 5) is 11.0. The maximum absolute atomic E-state index is 11.0. The van der Waals surface area contributed by atoms with Crippen molar-refractivity contribution in [2.24, 2.45) is 0 Å². The average molecular weight is 611 g/mol. The molecule has 1 aliphatic heterocycles. The van der Waals surface area contributed by atoms with Crippen LogP contribution in [0.25, 0.3) is 0 Å². The van der Waals surface area contributed by atoms with E-state index in [1.165, 1.54) is 0 Å². The molecule has 5 atom stereocenters. The molecule has 0 N–H and O–H groups in total. The normalized spacial score (nSPS) is 21.4. The fraction of sp³-hybridized carbons (Fsp3) is 0.342. The summed E-state index contributed by atoms with van der Waals surface area (Å²) in [6.07, 6.45) is -1.08. The van der Waals surface area contributed by atoms with Crippen LogP contribution in [-0.4, -0.2) is 50.2 Å². The Bertz CT molecular complexity index is 1350. The number of carbonyl (C=O) groups is 1. The smallest absolute Gasteiger partial charge is 0.186 e. The molecule has 45 heavy (non-hydrogen) atoms. The van der Waals surface area contributed by atoms with E-state index in [9.17, 15) is 4.79 Å². The molecule has 1 fully saturated rings. The summed E-state index contributed by atoms with van der Waals surface area (Å²) >= 11 is 0. The van der Waals surface area contributed by atoms with Gasteiger partial charge in [0.05, 0.1) is 39.6 Å². The summed E-state index contributed by atoms with van der Waals surface area (Å²) in [6.45, 7) is 2.10. The molecular weight excluding hydrogens is 568 g/mol. The number of carbonyl (C=O) groups excluding carboxylic acids is 1. The molecule has 1 heterocycles. The van der Waals surface area contributed by atoms with Crippen LogP contribution in [0.2, 0.25) is 0 Å². The standard InChI is InChI=1S/C38H42O7/c39-23-13-14-24-41-38-37(44-28-33-21-11-4-12-22-33)36(43-27-32-19-9-3-10-20-32)35(42-26-31-17-7-2-8-18-31)34(45-38)29-40-25-30-15-5-1-6-16-30/h1-12,15-23,34-38H,13-14,24-29H2/t34-,35-,36+,37-,38+/m1/s1. The molecular formula is C38H42O7. The Morgan fingerprint density at radius 2 is 0.978 bits per heavy atom. The minimum Gasteiger partial charge on any atom is -0.374 e. The van der Waals surface area contributed by atoms with Crippen molar-refractivity contribution >= 4 is 6.29 Å². The second-order valence-electron chi connectivity index (χ2n) is 11.0. The molecule has 5 rings (SSSR count). The Kier molecular flexibility index (Phi) is 13.3. The number of ether oxygens (including phenoxy) is 6. The van der Waals surface area contributed by atoms with Gasteiger partial charge in [-0.05, 0) is 28.7 Å². The highest BCUT2D eigenvalue weighted by molar-refractivity contribution is 5.48. The molecule has 4 aromatic carbocycles. The van der Waals surface area contributed by atoms with Crippen LogP contribution in [0.3, 0.4) is 0 Å². The van der Waals surface area contributed by atoms with E-state index in [2.05, 4.69) is 0 Å². The minimum atomic E-state index is -0.761. The van der Waals surface area contributed by atoms with Crippen LogP contribution < -0.4 is 0 Å². The largest absolute Gasteiger partial charge is 0.374 e. The van der Waals surface area contributed by atoms with Gasteiger partial charge in [0.25, 0.3) is 0 Å². The Morgan fingerprint density at radius 1 is 0.533 bits per heavy atom. The molecule has 0 unspecified atom stereocenters. The minimum absolute atomic E-state index is 0.263. The van der Waals surface area contributed by atoms with Crippen molar-refractivity contribution < 1.29 is 33.2 Å². The van der Waals surface area contributed by atoms with Crippen molar-refractivity contribution in [3.8, 4) is 0 Å². The molecule has 1 saturated heterocycles. The molecule has 236 valence electrons. The van der Waals surface area contributed by atoms with Crippen molar-refractivity contribution in [3.05, 3.63) is 144 Å². The first-order valence-corrected chi connectivity index (χ1v) is 15.6. The fourth-order valence-corrected chi connectivity index (χ4v) is 5.25. The summed E-state index contributed by atoms with van der Waals surface area (Å²) in [5.74, 6) is 0. The lowest BCUT2D eigenvalue weighted by molar-refractivity contribution is -0.328. The van der Waals surface area contributed by atoms with Gasteiger partial charge in [0.15, 0.2) is 6.29 Å². The van der Waals surface area contributed by atoms with Gasteiger partial charge in [-0.2, -0.15) is 0 Å². The summed E-state index contributed by atoms with van der Waals surface area (Å²) in [5.41, 5.74) is 4.16. The number of benzene rings is 4. The van der Waals surface area contributed by atoms with Crippen LogP contribution in [0.4, 0.5) is 0 Å². The average Bonchev–Trinajstić information content (AvgIpc) is 3.10. The quantitative estimate of drug-likeness (QED) is 0.0919. The van der Waals surface area contributed by atoms with Crippen molar-refractivity contribution in [2.75, 3.05) is 13.2 Å². The van der Waals surface area contributed by atoms with Crippen LogP contribution in [0.15, 0.2) is 121 Å². The van der Waals surface area contributed by atoms with Gasteiger partial charge in [-0.1, -0.05) is 121 Å². The van der Waals surface area contributed by atoms with E-state index in [0.29, 0.717) is 45.9 Å². The van der Waals surface area contributed by atoms with Gasteiger partial charge in [0.1, 0.15) is 30.7 Å². The van der Waals surface area contributed by atoms with Gasteiger partial charge >= 0.3 is 0 Å². The van der Waals surface area contributed by atoms with Crippen molar-refractivity contribution in [2.45, 2.75) is 70.0 Å². The zero-order valence-electron chi connectivity index (χ0n) is 25.5. The van der Waals surface area contributed by atoms with E-state index in [4.69, 9.17) is 28.4 Å². The molecule has 0 aromatic heterocycles. The maximum Gasteiger partial charge on any atom is 0.186 e. The Balaban J connectivity index is 1.41. The molecule has 4 aromatic rings. The topological polar surface area (TPSA) is 72.5 Å². The first-order valence-electron chi connectivity index (χ1n) is 15.6. The number of aldehydes is 1. The van der Waals surface area contributed by atoms with Crippen LogP contribution >= 0.6 is 0 Å². The second kappa shape index (κ2) is 18.3. The Morgan fingerprint density at radius 3 is 1.47 bits per heavy atom. The third-order valence-electron chi connectivity index (χ3n) is 7.59. The predicted molar refractivity (Wildman–Crippen MR) is 171 cm³/mol. The lowest BCUT2D eigenvalue weighted by Gasteiger charge is -2.46. The lowest BCUT2D eigenvalue weighted by atomic mass is 9.97. The molecule has 0 saturated carbocycles. The molecule has 0 amide bonds. The maximum atomic E-state index is 11.0. The summed E-state index contributed by atoms with van der Waals surface area (Å²) in [5, 5.41) is 0. The highest BCUT2D eigenvalue weighted by atomic mass is 16.7. The van der Waals surface area contributed by atoms with E-state index >= 15 is 0 Å². The second-order valence-corrected chi connectivity index (χ2v) is 11.0. The third-order valence-corrected chi connectivity index (χ3v) is 7.59. The monoisotopic (exact) mass is 610 g/mol. The van der Waals surface area contributed by atoms with Crippen molar-refractivity contribution in [1.82, 2.24) is 0 Å². The van der Waals surface area contributed by atoms with Gasteiger partial charge in [-0.25, -0.2) is 0 Å². The van der Waals surface area contributed by atoms with Crippen LogP contribution in [0.5, 0.6) is 0 Å². The Labute approximate surface area is 266 Å². The van der Waals surface area contributed by atoms with Crippen LogP contribution in [-0.2, 0) is 59.6 Å². The zero-order valence-corrected chi connectivity index (χ0v) is 25.5. The van der Waals surface area contributed by atoms with E-state index in [0.717, 1.165) is 28.5 Å². The SMILES string of the molecule is O=CCCCO[C@H]1O[C@H](COCc2ccccc2)[C@@H](OCc2ccccc2)[C@H](OCc2ccccc2)[C@H]1OCc1ccccc1. The zero-order chi connectivity index (χ0) is 30.9. The molecule has 0 spiro atoms. The number of hydrogen-bond donors (Lipinski definition) is 0. The highest BCUT2D eigenvalue weighted by Gasteiger charge is 2.49. The third kappa shape index (κ3) is 10.4. The van der Waals surface area contributed by atoms with Crippen molar-refractivity contribution in [1.29, 1.82) is 0 Å².